The van der Waals surface area contributed by atoms with E-state index >= 15 is 0 Å². The van der Waals surface area contributed by atoms with Crippen molar-refractivity contribution >= 4 is 23.3 Å². The van der Waals surface area contributed by atoms with Crippen molar-refractivity contribution in [3.05, 3.63) is 63.7 Å². The van der Waals surface area contributed by atoms with Crippen molar-refractivity contribution in [2.75, 3.05) is 14.2 Å². The van der Waals surface area contributed by atoms with Gasteiger partial charge in [-0.3, -0.25) is 4.79 Å². The average molecular weight is 386 g/mol. The maximum absolute atomic E-state index is 13.3. The quantitative estimate of drug-likeness (QED) is 0.814. The van der Waals surface area contributed by atoms with Crippen molar-refractivity contribution in [3.8, 4) is 0 Å². The SMILES string of the molecule is COC(=O)C1=C(C)NC(C)C(C(=O)OC)(c2ccccc2)C1c1nccs1. The normalized spacial score (nSPS) is 24.9. The molecule has 0 bridgehead atoms. The van der Waals surface area contributed by atoms with Crippen LogP contribution >= 0.6 is 11.3 Å². The maximum Gasteiger partial charge on any atom is 0.336 e. The topological polar surface area (TPSA) is 77.5 Å². The Kier molecular flexibility index (Phi) is 5.32. The van der Waals surface area contributed by atoms with Crippen molar-refractivity contribution in [2.45, 2.75) is 31.2 Å². The Labute approximate surface area is 162 Å². The van der Waals surface area contributed by atoms with E-state index in [4.69, 9.17) is 9.47 Å². The highest BCUT2D eigenvalue weighted by Gasteiger charge is 2.59. The Morgan fingerprint density at radius 2 is 1.89 bits per heavy atom. The molecule has 142 valence electrons. The minimum Gasteiger partial charge on any atom is -0.468 e. The molecule has 6 nitrogen and oxygen atoms in total. The third-order valence-corrected chi connectivity index (χ3v) is 5.98. The molecule has 0 radical (unpaired) electrons. The second-order valence-electron chi connectivity index (χ2n) is 6.43. The number of nitrogens with zero attached hydrogens (tertiary/aromatic N) is 1. The summed E-state index contributed by atoms with van der Waals surface area (Å²) in [6.07, 6.45) is 1.67. The van der Waals surface area contributed by atoms with Crippen LogP contribution < -0.4 is 5.32 Å². The highest BCUT2D eigenvalue weighted by molar-refractivity contribution is 7.09. The summed E-state index contributed by atoms with van der Waals surface area (Å²) < 4.78 is 10.3. The van der Waals surface area contributed by atoms with Gasteiger partial charge in [0, 0.05) is 23.3 Å². The zero-order valence-corrected chi connectivity index (χ0v) is 16.5. The van der Waals surface area contributed by atoms with Gasteiger partial charge >= 0.3 is 11.9 Å². The van der Waals surface area contributed by atoms with Crippen LogP contribution in [0.25, 0.3) is 0 Å². The summed E-state index contributed by atoms with van der Waals surface area (Å²) >= 11 is 1.40. The molecule has 0 saturated carbocycles. The third-order valence-electron chi connectivity index (χ3n) is 5.14. The molecule has 3 unspecified atom stereocenters. The molecule has 1 aliphatic rings. The van der Waals surface area contributed by atoms with Crippen LogP contribution in [0.4, 0.5) is 0 Å². The first kappa shape index (κ1) is 19.1. The molecule has 3 rings (SSSR count). The number of rotatable bonds is 4. The van der Waals surface area contributed by atoms with Crippen LogP contribution in [0.15, 0.2) is 53.2 Å². The summed E-state index contributed by atoms with van der Waals surface area (Å²) in [4.78, 5) is 30.5. The lowest BCUT2D eigenvalue weighted by atomic mass is 9.61. The van der Waals surface area contributed by atoms with Gasteiger partial charge in [0.1, 0.15) is 10.4 Å². The van der Waals surface area contributed by atoms with E-state index < -0.39 is 23.3 Å². The standard InChI is InChI=1S/C20H22N2O4S/c1-12-15(18(23)25-3)16(17-21-10-11-27-17)20(13(2)22-12,19(24)26-4)14-8-6-5-7-9-14/h5-11,13,16,22H,1-4H3. The van der Waals surface area contributed by atoms with E-state index in [1.807, 2.05) is 49.6 Å². The van der Waals surface area contributed by atoms with E-state index in [1.165, 1.54) is 25.6 Å². The molecule has 7 heteroatoms. The predicted molar refractivity (Wildman–Crippen MR) is 102 cm³/mol. The van der Waals surface area contributed by atoms with Crippen molar-refractivity contribution in [2.24, 2.45) is 0 Å². The van der Waals surface area contributed by atoms with Crippen molar-refractivity contribution in [1.29, 1.82) is 0 Å². The smallest absolute Gasteiger partial charge is 0.336 e. The highest BCUT2D eigenvalue weighted by atomic mass is 32.1. The lowest BCUT2D eigenvalue weighted by molar-refractivity contribution is -0.150. The zero-order valence-electron chi connectivity index (χ0n) is 15.7. The summed E-state index contributed by atoms with van der Waals surface area (Å²) in [6.45, 7) is 3.73. The Balaban J connectivity index is 2.39. The van der Waals surface area contributed by atoms with Crippen LogP contribution in [0.1, 0.15) is 30.3 Å². The molecule has 0 aliphatic carbocycles. The van der Waals surface area contributed by atoms with Crippen molar-refractivity contribution in [3.63, 3.8) is 0 Å². The number of ether oxygens (including phenoxy) is 2. The number of nitrogens with one attached hydrogen (secondary N) is 1. The largest absolute Gasteiger partial charge is 0.468 e. The number of benzene rings is 1. The number of carbonyl (C=O) groups excluding carboxylic acids is 2. The van der Waals surface area contributed by atoms with Crippen molar-refractivity contribution < 1.29 is 19.1 Å². The molecule has 1 aliphatic heterocycles. The number of hydrogen-bond acceptors (Lipinski definition) is 7. The average Bonchev–Trinajstić information content (AvgIpc) is 3.21. The summed E-state index contributed by atoms with van der Waals surface area (Å²) in [5, 5.41) is 5.79. The van der Waals surface area contributed by atoms with Crippen LogP contribution in [0.2, 0.25) is 0 Å². The van der Waals surface area contributed by atoms with Crippen LogP contribution in [0.5, 0.6) is 0 Å². The lowest BCUT2D eigenvalue weighted by Crippen LogP contribution is -2.60. The fourth-order valence-electron chi connectivity index (χ4n) is 4.00. The molecule has 1 aromatic carbocycles. The van der Waals surface area contributed by atoms with E-state index in [-0.39, 0.29) is 6.04 Å². The van der Waals surface area contributed by atoms with E-state index in [9.17, 15) is 9.59 Å². The van der Waals surface area contributed by atoms with Crippen LogP contribution in [0.3, 0.4) is 0 Å². The molecule has 0 spiro atoms. The van der Waals surface area contributed by atoms with Crippen LogP contribution in [-0.2, 0) is 24.5 Å². The first-order valence-corrected chi connectivity index (χ1v) is 9.45. The van der Waals surface area contributed by atoms with Gasteiger partial charge in [-0.05, 0) is 19.4 Å². The van der Waals surface area contributed by atoms with E-state index in [0.29, 0.717) is 16.3 Å². The van der Waals surface area contributed by atoms with Crippen LogP contribution in [0, 0.1) is 0 Å². The molecule has 1 aromatic heterocycles. The number of methoxy groups -OCH3 is 2. The van der Waals surface area contributed by atoms with Crippen LogP contribution in [-0.4, -0.2) is 37.2 Å². The van der Waals surface area contributed by atoms with Gasteiger partial charge in [0.2, 0.25) is 0 Å². The Morgan fingerprint density at radius 1 is 1.19 bits per heavy atom. The summed E-state index contributed by atoms with van der Waals surface area (Å²) in [5.41, 5.74) is 0.646. The van der Waals surface area contributed by atoms with Gasteiger partial charge in [0.15, 0.2) is 0 Å². The summed E-state index contributed by atoms with van der Waals surface area (Å²) in [5.74, 6) is -1.55. The minimum atomic E-state index is -1.17. The predicted octanol–water partition coefficient (Wildman–Crippen LogP) is 2.78. The summed E-state index contributed by atoms with van der Waals surface area (Å²) in [7, 11) is 2.70. The van der Waals surface area contributed by atoms with Gasteiger partial charge in [-0.2, -0.15) is 0 Å². The third kappa shape index (κ3) is 2.92. The van der Waals surface area contributed by atoms with Gasteiger partial charge < -0.3 is 14.8 Å². The number of hydrogen-bond donors (Lipinski definition) is 1. The van der Waals surface area contributed by atoms with Gasteiger partial charge in [-0.25, -0.2) is 9.78 Å². The number of aromatic nitrogens is 1. The van der Waals surface area contributed by atoms with Gasteiger partial charge in [-0.15, -0.1) is 11.3 Å². The first-order chi connectivity index (χ1) is 13.0. The van der Waals surface area contributed by atoms with E-state index in [2.05, 4.69) is 10.3 Å². The molecule has 1 N–H and O–H groups in total. The highest BCUT2D eigenvalue weighted by Crippen LogP contribution is 2.51. The molecular formula is C20H22N2O4S. The van der Waals surface area contributed by atoms with Crippen molar-refractivity contribution in [1.82, 2.24) is 10.3 Å². The zero-order chi connectivity index (χ0) is 19.6. The molecule has 0 amide bonds. The second-order valence-corrected chi connectivity index (χ2v) is 7.35. The minimum absolute atomic E-state index is 0.338. The second kappa shape index (κ2) is 7.52. The number of carbonyl (C=O) groups is 2. The van der Waals surface area contributed by atoms with Gasteiger partial charge in [0.05, 0.1) is 25.7 Å². The monoisotopic (exact) mass is 386 g/mol. The number of allylic oxidation sites excluding steroid dienone is 1. The fourth-order valence-corrected chi connectivity index (χ4v) is 4.82. The molecular weight excluding hydrogens is 364 g/mol. The van der Waals surface area contributed by atoms with Gasteiger partial charge in [-0.1, -0.05) is 30.3 Å². The number of thiazole rings is 1. The fraction of sp³-hybridized carbons (Fsp3) is 0.350. The molecule has 2 heterocycles. The first-order valence-electron chi connectivity index (χ1n) is 8.57. The Morgan fingerprint density at radius 3 is 2.44 bits per heavy atom. The molecule has 3 atom stereocenters. The number of esters is 2. The molecule has 0 fully saturated rings. The van der Waals surface area contributed by atoms with E-state index in [1.54, 1.807) is 6.20 Å². The lowest BCUT2D eigenvalue weighted by Gasteiger charge is -2.47. The molecule has 2 aromatic rings. The van der Waals surface area contributed by atoms with E-state index in [0.717, 1.165) is 5.56 Å². The Hall–Kier alpha value is -2.67. The Bertz CT molecular complexity index is 863. The molecule has 0 saturated heterocycles. The van der Waals surface area contributed by atoms with Gasteiger partial charge in [0.25, 0.3) is 0 Å². The summed E-state index contributed by atoms with van der Waals surface area (Å²) in [6, 6.07) is 9.05. The maximum atomic E-state index is 13.3. The molecule has 27 heavy (non-hydrogen) atoms.